The van der Waals surface area contributed by atoms with Gasteiger partial charge in [0.15, 0.2) is 0 Å². The van der Waals surface area contributed by atoms with Gasteiger partial charge in [0.1, 0.15) is 5.82 Å². The topological polar surface area (TPSA) is 58.2 Å². The normalized spacial score (nSPS) is 11.6. The van der Waals surface area contributed by atoms with Crippen molar-refractivity contribution in [2.45, 2.75) is 26.3 Å². The summed E-state index contributed by atoms with van der Waals surface area (Å²) in [7, 11) is 0. The van der Waals surface area contributed by atoms with Crippen LogP contribution in [0.4, 0.5) is 10.1 Å². The van der Waals surface area contributed by atoms with Crippen LogP contribution in [0.2, 0.25) is 0 Å². The van der Waals surface area contributed by atoms with Crippen LogP contribution < -0.4 is 10.6 Å². The summed E-state index contributed by atoms with van der Waals surface area (Å²) < 4.78 is 12.8. The van der Waals surface area contributed by atoms with Crippen LogP contribution in [0.5, 0.6) is 0 Å². The minimum Gasteiger partial charge on any atom is -0.350 e. The zero-order valence-electron chi connectivity index (χ0n) is 13.1. The zero-order valence-corrected chi connectivity index (χ0v) is 13.1. The molecule has 0 bridgehead atoms. The van der Waals surface area contributed by atoms with Gasteiger partial charge in [-0.3, -0.25) is 9.59 Å². The van der Waals surface area contributed by atoms with Crippen LogP contribution in [0.15, 0.2) is 48.5 Å². The molecule has 2 aromatic rings. The molecule has 0 spiro atoms. The van der Waals surface area contributed by atoms with Crippen LogP contribution in [0.3, 0.4) is 0 Å². The fourth-order valence-electron chi connectivity index (χ4n) is 1.92. The van der Waals surface area contributed by atoms with Gasteiger partial charge in [-0.25, -0.2) is 4.39 Å². The highest BCUT2D eigenvalue weighted by molar-refractivity contribution is 6.04. The second-order valence-electron chi connectivity index (χ2n) is 5.32. The highest BCUT2D eigenvalue weighted by Crippen LogP contribution is 2.12. The first-order valence-electron chi connectivity index (χ1n) is 7.47. The average Bonchev–Trinajstić information content (AvgIpc) is 2.55. The van der Waals surface area contributed by atoms with Gasteiger partial charge in [-0.15, -0.1) is 0 Å². The van der Waals surface area contributed by atoms with Gasteiger partial charge in [0.05, 0.1) is 0 Å². The molecule has 0 radical (unpaired) electrons. The summed E-state index contributed by atoms with van der Waals surface area (Å²) in [5.74, 6) is -0.865. The van der Waals surface area contributed by atoms with Gasteiger partial charge in [-0.2, -0.15) is 0 Å². The first kappa shape index (κ1) is 16.7. The molecule has 0 saturated heterocycles. The van der Waals surface area contributed by atoms with Crippen LogP contribution >= 0.6 is 0 Å². The number of hydrogen-bond acceptors (Lipinski definition) is 2. The fourth-order valence-corrected chi connectivity index (χ4v) is 1.92. The number of amides is 2. The Kier molecular flexibility index (Phi) is 5.46. The third kappa shape index (κ3) is 4.64. The highest BCUT2D eigenvalue weighted by Gasteiger charge is 2.10. The number of carbonyl (C=O) groups is 2. The maximum Gasteiger partial charge on any atom is 0.255 e. The summed E-state index contributed by atoms with van der Waals surface area (Å²) in [6, 6.07) is 12.0. The quantitative estimate of drug-likeness (QED) is 0.886. The van der Waals surface area contributed by atoms with Crippen molar-refractivity contribution in [1.29, 1.82) is 0 Å². The van der Waals surface area contributed by atoms with E-state index in [0.717, 1.165) is 6.42 Å². The molecule has 0 unspecified atom stereocenters. The highest BCUT2D eigenvalue weighted by atomic mass is 19.1. The molecule has 2 aromatic carbocycles. The molecule has 0 heterocycles. The molecule has 4 nitrogen and oxygen atoms in total. The molecule has 0 aromatic heterocycles. The van der Waals surface area contributed by atoms with E-state index in [2.05, 4.69) is 10.6 Å². The Bertz CT molecular complexity index is 681. The molecule has 1 atom stereocenters. The number of hydrogen-bond donors (Lipinski definition) is 2. The number of nitrogens with one attached hydrogen (secondary N) is 2. The summed E-state index contributed by atoms with van der Waals surface area (Å²) in [4.78, 5) is 24.0. The number of carbonyl (C=O) groups excluding carboxylic acids is 2. The van der Waals surface area contributed by atoms with Crippen LogP contribution in [0.25, 0.3) is 0 Å². The predicted molar refractivity (Wildman–Crippen MR) is 88.0 cm³/mol. The Morgan fingerprint density at radius 1 is 0.957 bits per heavy atom. The smallest absolute Gasteiger partial charge is 0.255 e. The molecular weight excluding hydrogens is 295 g/mol. The van der Waals surface area contributed by atoms with E-state index in [1.807, 2.05) is 13.8 Å². The van der Waals surface area contributed by atoms with E-state index in [1.165, 1.54) is 24.3 Å². The van der Waals surface area contributed by atoms with Crippen molar-refractivity contribution in [3.8, 4) is 0 Å². The SMILES string of the molecule is CC[C@@H](C)NC(=O)c1ccc(NC(=O)c2ccc(F)cc2)cc1. The third-order valence-electron chi connectivity index (χ3n) is 3.50. The van der Waals surface area contributed by atoms with E-state index in [9.17, 15) is 14.0 Å². The van der Waals surface area contributed by atoms with E-state index >= 15 is 0 Å². The molecule has 0 aliphatic heterocycles. The van der Waals surface area contributed by atoms with Gasteiger partial charge >= 0.3 is 0 Å². The maximum atomic E-state index is 12.8. The van der Waals surface area contributed by atoms with Gasteiger partial charge < -0.3 is 10.6 Å². The lowest BCUT2D eigenvalue weighted by Gasteiger charge is -2.11. The van der Waals surface area contributed by atoms with Crippen molar-refractivity contribution >= 4 is 17.5 Å². The van der Waals surface area contributed by atoms with E-state index < -0.39 is 5.82 Å². The van der Waals surface area contributed by atoms with Crippen LogP contribution in [0.1, 0.15) is 41.0 Å². The van der Waals surface area contributed by atoms with Gasteiger partial charge in [-0.1, -0.05) is 6.92 Å². The largest absolute Gasteiger partial charge is 0.350 e. The van der Waals surface area contributed by atoms with E-state index in [4.69, 9.17) is 0 Å². The van der Waals surface area contributed by atoms with Gasteiger partial charge in [-0.05, 0) is 61.9 Å². The molecule has 0 saturated carbocycles. The second-order valence-corrected chi connectivity index (χ2v) is 5.32. The van der Waals surface area contributed by atoms with Crippen molar-refractivity contribution in [3.63, 3.8) is 0 Å². The van der Waals surface area contributed by atoms with Crippen molar-refractivity contribution in [1.82, 2.24) is 5.32 Å². The standard InChI is InChI=1S/C18H19FN2O2/c1-3-12(2)20-17(22)14-6-10-16(11-7-14)21-18(23)13-4-8-15(19)9-5-13/h4-12H,3H2,1-2H3,(H,20,22)(H,21,23)/t12-/m1/s1. The number of rotatable bonds is 5. The molecule has 5 heteroatoms. The molecule has 2 rings (SSSR count). The van der Waals surface area contributed by atoms with Gasteiger partial charge in [0, 0.05) is 22.9 Å². The van der Waals surface area contributed by atoms with E-state index in [1.54, 1.807) is 24.3 Å². The molecule has 0 aliphatic carbocycles. The Balaban J connectivity index is 2.01. The summed E-state index contributed by atoms with van der Waals surface area (Å²) >= 11 is 0. The first-order valence-corrected chi connectivity index (χ1v) is 7.47. The van der Waals surface area contributed by atoms with Crippen LogP contribution in [-0.4, -0.2) is 17.9 Å². The molecule has 0 aliphatic rings. The Morgan fingerprint density at radius 3 is 2.04 bits per heavy atom. The molecule has 0 fully saturated rings. The van der Waals surface area contributed by atoms with Gasteiger partial charge in [0.25, 0.3) is 11.8 Å². The number of benzene rings is 2. The first-order chi connectivity index (χ1) is 11.0. The van der Waals surface area contributed by atoms with E-state index in [0.29, 0.717) is 16.8 Å². The predicted octanol–water partition coefficient (Wildman–Crippen LogP) is 3.61. The molecule has 120 valence electrons. The lowest BCUT2D eigenvalue weighted by Crippen LogP contribution is -2.31. The Hall–Kier alpha value is -2.69. The number of halogens is 1. The second kappa shape index (κ2) is 7.54. The molecule has 2 N–H and O–H groups in total. The third-order valence-corrected chi connectivity index (χ3v) is 3.50. The Labute approximate surface area is 134 Å². The average molecular weight is 314 g/mol. The minimum atomic E-state index is -0.391. The Morgan fingerprint density at radius 2 is 1.48 bits per heavy atom. The van der Waals surface area contributed by atoms with Crippen molar-refractivity contribution in [3.05, 3.63) is 65.5 Å². The maximum absolute atomic E-state index is 12.8. The summed E-state index contributed by atoms with van der Waals surface area (Å²) in [5, 5.41) is 5.58. The molecule has 2 amide bonds. The lowest BCUT2D eigenvalue weighted by molar-refractivity contribution is 0.0938. The molecular formula is C18H19FN2O2. The molecule has 23 heavy (non-hydrogen) atoms. The summed E-state index contributed by atoms with van der Waals surface area (Å²) in [6.45, 7) is 3.94. The summed E-state index contributed by atoms with van der Waals surface area (Å²) in [6.07, 6.45) is 0.859. The fraction of sp³-hybridized carbons (Fsp3) is 0.222. The van der Waals surface area contributed by atoms with Crippen LogP contribution in [0, 0.1) is 5.82 Å². The minimum absolute atomic E-state index is 0.111. The van der Waals surface area contributed by atoms with Crippen molar-refractivity contribution in [2.75, 3.05) is 5.32 Å². The van der Waals surface area contributed by atoms with Crippen molar-refractivity contribution < 1.29 is 14.0 Å². The van der Waals surface area contributed by atoms with E-state index in [-0.39, 0.29) is 17.9 Å². The lowest BCUT2D eigenvalue weighted by atomic mass is 10.1. The van der Waals surface area contributed by atoms with Gasteiger partial charge in [0.2, 0.25) is 0 Å². The monoisotopic (exact) mass is 314 g/mol. The zero-order chi connectivity index (χ0) is 16.8. The van der Waals surface area contributed by atoms with Crippen LogP contribution in [-0.2, 0) is 0 Å². The van der Waals surface area contributed by atoms with Crippen molar-refractivity contribution in [2.24, 2.45) is 0 Å². The summed E-state index contributed by atoms with van der Waals surface area (Å²) in [5.41, 5.74) is 1.47. The number of anilines is 1.